The summed E-state index contributed by atoms with van der Waals surface area (Å²) >= 11 is 0. The average molecular weight is 346 g/mol. The monoisotopic (exact) mass is 346 g/mol. The first-order valence-corrected chi connectivity index (χ1v) is 7.93. The zero-order valence-electron chi connectivity index (χ0n) is 13.6. The number of aromatic hydroxyl groups is 1. The lowest BCUT2D eigenvalue weighted by Crippen LogP contribution is -2.31. The molecule has 0 unspecified atom stereocenters. The lowest BCUT2D eigenvalue weighted by atomic mass is 10.1. The maximum Gasteiger partial charge on any atom is 0.331 e. The number of nitrogens with one attached hydrogen (secondary N) is 1. The second kappa shape index (κ2) is 6.29. The molecular formula is C19H14N4O3. The summed E-state index contributed by atoms with van der Waals surface area (Å²) in [6, 6.07) is 11.0. The van der Waals surface area contributed by atoms with Gasteiger partial charge in [0.2, 0.25) is 5.88 Å². The lowest BCUT2D eigenvalue weighted by Gasteiger charge is -2.10. The number of benzene rings is 1. The molecule has 0 radical (unpaired) electrons. The van der Waals surface area contributed by atoms with Gasteiger partial charge in [0.05, 0.1) is 12.2 Å². The Kier molecular flexibility index (Phi) is 3.81. The van der Waals surface area contributed by atoms with Crippen LogP contribution >= 0.6 is 0 Å². The van der Waals surface area contributed by atoms with Gasteiger partial charge in [0, 0.05) is 29.7 Å². The molecule has 0 bridgehead atoms. The van der Waals surface area contributed by atoms with Gasteiger partial charge in [0.1, 0.15) is 5.56 Å². The number of H-pyrrole nitrogens is 1. The highest BCUT2D eigenvalue weighted by Gasteiger charge is 2.16. The molecule has 2 aromatic heterocycles. The van der Waals surface area contributed by atoms with Gasteiger partial charge in [-0.15, -0.1) is 0 Å². The molecule has 1 aliphatic rings. The summed E-state index contributed by atoms with van der Waals surface area (Å²) in [5.74, 6) is -0.395. The van der Waals surface area contributed by atoms with Crippen LogP contribution in [0, 0.1) is 0 Å². The normalized spacial score (nSPS) is 13.9. The number of allylic oxidation sites excluding steroid dienone is 1. The van der Waals surface area contributed by atoms with Gasteiger partial charge in [-0.05, 0) is 23.8 Å². The van der Waals surface area contributed by atoms with Crippen LogP contribution in [0.15, 0.2) is 63.4 Å². The van der Waals surface area contributed by atoms with E-state index in [1.165, 1.54) is 6.08 Å². The molecule has 1 aliphatic heterocycles. The van der Waals surface area contributed by atoms with Crippen LogP contribution in [0.25, 0.3) is 11.6 Å². The zero-order chi connectivity index (χ0) is 18.1. The summed E-state index contributed by atoms with van der Waals surface area (Å²) in [6.45, 7) is 0.0934. The number of aromatic amines is 1. The number of pyridine rings is 1. The van der Waals surface area contributed by atoms with Crippen molar-refractivity contribution in [3.8, 4) is 5.88 Å². The largest absolute Gasteiger partial charge is 0.494 e. The summed E-state index contributed by atoms with van der Waals surface area (Å²) in [5.41, 5.74) is 1.73. The Morgan fingerprint density at radius 2 is 2.00 bits per heavy atom. The fourth-order valence-electron chi connectivity index (χ4n) is 2.84. The Balaban J connectivity index is 1.82. The van der Waals surface area contributed by atoms with Crippen molar-refractivity contribution in [2.45, 2.75) is 6.54 Å². The molecule has 0 saturated carbocycles. The van der Waals surface area contributed by atoms with Crippen LogP contribution in [-0.4, -0.2) is 25.9 Å². The second-order valence-corrected chi connectivity index (χ2v) is 5.82. The van der Waals surface area contributed by atoms with E-state index in [9.17, 15) is 14.7 Å². The molecule has 0 aliphatic carbocycles. The fourth-order valence-corrected chi connectivity index (χ4v) is 2.84. The number of nitrogens with zero attached hydrogens (tertiary/aromatic N) is 3. The third-order valence-electron chi connectivity index (χ3n) is 4.13. The molecule has 4 rings (SSSR count). The van der Waals surface area contributed by atoms with Gasteiger partial charge in [-0.3, -0.25) is 24.3 Å². The first kappa shape index (κ1) is 15.8. The first-order valence-electron chi connectivity index (χ1n) is 7.93. The van der Waals surface area contributed by atoms with Crippen molar-refractivity contribution < 1.29 is 5.11 Å². The number of para-hydroxylation sites is 1. The van der Waals surface area contributed by atoms with E-state index in [-0.39, 0.29) is 12.1 Å². The highest BCUT2D eigenvalue weighted by Crippen LogP contribution is 2.32. The van der Waals surface area contributed by atoms with Crippen LogP contribution in [0.5, 0.6) is 5.88 Å². The van der Waals surface area contributed by atoms with Crippen LogP contribution in [-0.2, 0) is 6.54 Å². The number of rotatable bonds is 3. The number of aliphatic imine (C=N–C) groups is 1. The summed E-state index contributed by atoms with van der Waals surface area (Å²) in [4.78, 5) is 34.9. The van der Waals surface area contributed by atoms with Crippen molar-refractivity contribution in [1.82, 2.24) is 14.5 Å². The van der Waals surface area contributed by atoms with Crippen molar-refractivity contribution in [1.29, 1.82) is 0 Å². The smallest absolute Gasteiger partial charge is 0.331 e. The molecule has 128 valence electrons. The Morgan fingerprint density at radius 1 is 1.15 bits per heavy atom. The van der Waals surface area contributed by atoms with E-state index in [4.69, 9.17) is 0 Å². The second-order valence-electron chi connectivity index (χ2n) is 5.82. The van der Waals surface area contributed by atoms with Crippen LogP contribution in [0.2, 0.25) is 0 Å². The van der Waals surface area contributed by atoms with Crippen molar-refractivity contribution in [2.75, 3.05) is 0 Å². The minimum atomic E-state index is -0.681. The van der Waals surface area contributed by atoms with Crippen molar-refractivity contribution >= 4 is 23.6 Å². The molecule has 3 heterocycles. The molecule has 26 heavy (non-hydrogen) atoms. The Bertz CT molecular complexity index is 1160. The van der Waals surface area contributed by atoms with Gasteiger partial charge in [-0.1, -0.05) is 24.3 Å². The highest BCUT2D eigenvalue weighted by molar-refractivity contribution is 6.21. The van der Waals surface area contributed by atoms with Gasteiger partial charge in [0.15, 0.2) is 0 Å². The van der Waals surface area contributed by atoms with E-state index in [2.05, 4.69) is 15.0 Å². The third kappa shape index (κ3) is 2.75. The van der Waals surface area contributed by atoms with Crippen LogP contribution in [0.4, 0.5) is 5.69 Å². The van der Waals surface area contributed by atoms with Crippen LogP contribution in [0.1, 0.15) is 16.7 Å². The quantitative estimate of drug-likeness (QED) is 0.757. The van der Waals surface area contributed by atoms with Crippen LogP contribution < -0.4 is 11.2 Å². The molecule has 3 aromatic rings. The molecule has 7 nitrogen and oxygen atoms in total. The number of aromatic nitrogens is 3. The Morgan fingerprint density at radius 3 is 2.81 bits per heavy atom. The summed E-state index contributed by atoms with van der Waals surface area (Å²) < 4.78 is 1.10. The van der Waals surface area contributed by atoms with Crippen LogP contribution in [0.3, 0.4) is 0 Å². The lowest BCUT2D eigenvalue weighted by molar-refractivity contribution is 0.407. The molecule has 0 atom stereocenters. The minimum Gasteiger partial charge on any atom is -0.494 e. The maximum absolute atomic E-state index is 12.2. The van der Waals surface area contributed by atoms with E-state index in [1.54, 1.807) is 30.7 Å². The molecule has 0 fully saturated rings. The Labute approximate surface area is 147 Å². The third-order valence-corrected chi connectivity index (χ3v) is 4.13. The SMILES string of the molecule is O=c1[nH]c(=O)n(Cc2cccnc2)c(O)c1/C=C1\C=Nc2ccccc21. The van der Waals surface area contributed by atoms with Gasteiger partial charge in [-0.2, -0.15) is 0 Å². The molecule has 0 spiro atoms. The summed E-state index contributed by atoms with van der Waals surface area (Å²) in [5, 5.41) is 10.6. The van der Waals surface area contributed by atoms with E-state index in [0.717, 1.165) is 21.4 Å². The number of hydrogen-bond acceptors (Lipinski definition) is 5. The first-order chi connectivity index (χ1) is 12.6. The predicted octanol–water partition coefficient (Wildman–Crippen LogP) is 1.94. The van der Waals surface area contributed by atoms with Gasteiger partial charge >= 0.3 is 5.69 Å². The van der Waals surface area contributed by atoms with E-state index in [0.29, 0.717) is 5.57 Å². The minimum absolute atomic E-state index is 0.00615. The van der Waals surface area contributed by atoms with Gasteiger partial charge in [-0.25, -0.2) is 4.79 Å². The topological polar surface area (TPSA) is 100 Å². The molecule has 7 heteroatoms. The van der Waals surface area contributed by atoms with Crippen molar-refractivity contribution in [2.24, 2.45) is 4.99 Å². The number of fused-ring (bicyclic) bond motifs is 1. The van der Waals surface area contributed by atoms with E-state index >= 15 is 0 Å². The maximum atomic E-state index is 12.2. The molecule has 1 aromatic carbocycles. The molecular weight excluding hydrogens is 332 g/mol. The highest BCUT2D eigenvalue weighted by atomic mass is 16.3. The van der Waals surface area contributed by atoms with Crippen molar-refractivity contribution in [3.05, 3.63) is 86.3 Å². The number of hydrogen-bond donors (Lipinski definition) is 2. The Hall–Kier alpha value is -3.74. The summed E-state index contributed by atoms with van der Waals surface area (Å²) in [7, 11) is 0. The fraction of sp³-hybridized carbons (Fsp3) is 0.0526. The predicted molar refractivity (Wildman–Crippen MR) is 98.8 cm³/mol. The molecule has 0 saturated heterocycles. The van der Waals surface area contributed by atoms with E-state index in [1.807, 2.05) is 24.3 Å². The van der Waals surface area contributed by atoms with Crippen molar-refractivity contribution in [3.63, 3.8) is 0 Å². The summed E-state index contributed by atoms with van der Waals surface area (Å²) in [6.07, 6.45) is 6.36. The van der Waals surface area contributed by atoms with Gasteiger partial charge in [0.25, 0.3) is 5.56 Å². The van der Waals surface area contributed by atoms with E-state index < -0.39 is 17.1 Å². The zero-order valence-corrected chi connectivity index (χ0v) is 13.6. The standard InChI is InChI=1S/C19H14N4O3/c24-17-15(8-13-10-21-16-6-2-1-5-14(13)16)18(25)23(19(26)22-17)11-12-4-3-7-20-9-12/h1-10,25H,11H2,(H,22,24,26)/b13-8+. The molecule has 2 N–H and O–H groups in total. The van der Waals surface area contributed by atoms with Gasteiger partial charge < -0.3 is 5.11 Å². The average Bonchev–Trinajstić information content (AvgIpc) is 3.06. The molecule has 0 amide bonds.